The summed E-state index contributed by atoms with van der Waals surface area (Å²) >= 11 is 0. The molecule has 0 aliphatic carbocycles. The van der Waals surface area contributed by atoms with Crippen molar-refractivity contribution in [1.82, 2.24) is 4.90 Å². The Morgan fingerprint density at radius 1 is 1.43 bits per heavy atom. The summed E-state index contributed by atoms with van der Waals surface area (Å²) in [5.74, 6) is 0.495. The highest BCUT2D eigenvalue weighted by atomic mass is 16.5. The summed E-state index contributed by atoms with van der Waals surface area (Å²) in [4.78, 5) is 27.6. The van der Waals surface area contributed by atoms with Gasteiger partial charge in [-0.05, 0) is 31.5 Å². The van der Waals surface area contributed by atoms with E-state index in [1.807, 2.05) is 0 Å². The van der Waals surface area contributed by atoms with Crippen molar-refractivity contribution in [2.75, 3.05) is 25.5 Å². The van der Waals surface area contributed by atoms with E-state index in [9.17, 15) is 9.59 Å². The van der Waals surface area contributed by atoms with Crippen molar-refractivity contribution >= 4 is 17.5 Å². The number of benzene rings is 1. The van der Waals surface area contributed by atoms with Gasteiger partial charge >= 0.3 is 0 Å². The van der Waals surface area contributed by atoms with Crippen LogP contribution in [0.5, 0.6) is 5.75 Å². The third-order valence-electron chi connectivity index (χ3n) is 3.74. The lowest BCUT2D eigenvalue weighted by molar-refractivity contribution is -0.125. The van der Waals surface area contributed by atoms with Crippen LogP contribution >= 0.6 is 0 Å². The summed E-state index contributed by atoms with van der Waals surface area (Å²) in [6.07, 6.45) is 1.54. The summed E-state index contributed by atoms with van der Waals surface area (Å²) in [6, 6.07) is 5.24. The molecule has 0 saturated carbocycles. The molecule has 0 fully saturated rings. The van der Waals surface area contributed by atoms with Gasteiger partial charge in [-0.1, -0.05) is 13.3 Å². The Hall–Kier alpha value is -2.04. The van der Waals surface area contributed by atoms with Crippen LogP contribution in [-0.2, 0) is 4.79 Å². The molecule has 5 nitrogen and oxygen atoms in total. The summed E-state index contributed by atoms with van der Waals surface area (Å²) in [6.45, 7) is 4.55. The maximum atomic E-state index is 12.4. The van der Waals surface area contributed by atoms with E-state index in [0.717, 1.165) is 19.4 Å². The Morgan fingerprint density at radius 2 is 2.14 bits per heavy atom. The second kappa shape index (κ2) is 6.16. The van der Waals surface area contributed by atoms with Crippen LogP contribution in [0.25, 0.3) is 0 Å². The SMILES string of the molecule is CCCCN(C)C(=O)c1ccc2c(c1)N(C)C(=O)C(C)O2. The van der Waals surface area contributed by atoms with Crippen LogP contribution in [0, 0.1) is 0 Å². The van der Waals surface area contributed by atoms with Gasteiger partial charge in [0, 0.05) is 26.2 Å². The molecule has 5 heteroatoms. The molecule has 1 unspecified atom stereocenters. The van der Waals surface area contributed by atoms with Crippen LogP contribution in [-0.4, -0.2) is 43.5 Å². The first-order chi connectivity index (χ1) is 9.95. The molecule has 0 radical (unpaired) electrons. The van der Waals surface area contributed by atoms with Gasteiger partial charge in [0.1, 0.15) is 5.75 Å². The molecule has 2 rings (SSSR count). The number of nitrogens with zero attached hydrogens (tertiary/aromatic N) is 2. The fourth-order valence-corrected chi connectivity index (χ4v) is 2.36. The maximum Gasteiger partial charge on any atom is 0.267 e. The van der Waals surface area contributed by atoms with Crippen LogP contribution < -0.4 is 9.64 Å². The zero-order chi connectivity index (χ0) is 15.6. The number of ether oxygens (including phenoxy) is 1. The van der Waals surface area contributed by atoms with Gasteiger partial charge in [-0.25, -0.2) is 0 Å². The summed E-state index contributed by atoms with van der Waals surface area (Å²) < 4.78 is 5.56. The van der Waals surface area contributed by atoms with Crippen LogP contribution in [0.1, 0.15) is 37.0 Å². The van der Waals surface area contributed by atoms with E-state index >= 15 is 0 Å². The number of hydrogen-bond acceptors (Lipinski definition) is 3. The zero-order valence-corrected chi connectivity index (χ0v) is 13.0. The van der Waals surface area contributed by atoms with Gasteiger partial charge in [0.15, 0.2) is 6.10 Å². The largest absolute Gasteiger partial charge is 0.479 e. The van der Waals surface area contributed by atoms with E-state index in [-0.39, 0.29) is 11.8 Å². The number of anilines is 1. The number of hydrogen-bond donors (Lipinski definition) is 0. The van der Waals surface area contributed by atoms with E-state index in [1.54, 1.807) is 49.0 Å². The maximum absolute atomic E-state index is 12.4. The van der Waals surface area contributed by atoms with Gasteiger partial charge in [0.05, 0.1) is 5.69 Å². The minimum absolute atomic E-state index is 0.0364. The number of rotatable bonds is 4. The molecule has 1 aliphatic heterocycles. The normalized spacial score (nSPS) is 17.2. The third kappa shape index (κ3) is 3.01. The molecule has 0 saturated heterocycles. The Morgan fingerprint density at radius 3 is 2.81 bits per heavy atom. The van der Waals surface area contributed by atoms with Gasteiger partial charge in [-0.2, -0.15) is 0 Å². The zero-order valence-electron chi connectivity index (χ0n) is 13.0. The Labute approximate surface area is 125 Å². The fraction of sp³-hybridized carbons (Fsp3) is 0.500. The van der Waals surface area contributed by atoms with Crippen molar-refractivity contribution in [2.45, 2.75) is 32.8 Å². The Bertz CT molecular complexity index is 556. The van der Waals surface area contributed by atoms with Gasteiger partial charge < -0.3 is 14.5 Å². The molecule has 1 aromatic carbocycles. The van der Waals surface area contributed by atoms with E-state index in [1.165, 1.54) is 0 Å². The fourth-order valence-electron chi connectivity index (χ4n) is 2.36. The van der Waals surface area contributed by atoms with Gasteiger partial charge in [-0.3, -0.25) is 9.59 Å². The topological polar surface area (TPSA) is 49.9 Å². The number of amides is 2. The number of unbranched alkanes of at least 4 members (excludes halogenated alkanes) is 1. The number of carbonyl (C=O) groups is 2. The van der Waals surface area contributed by atoms with Crippen LogP contribution in [0.2, 0.25) is 0 Å². The lowest BCUT2D eigenvalue weighted by atomic mass is 10.1. The van der Waals surface area contributed by atoms with Crippen molar-refractivity contribution in [1.29, 1.82) is 0 Å². The van der Waals surface area contributed by atoms with Crippen molar-refractivity contribution in [3.8, 4) is 5.75 Å². The standard InChI is InChI=1S/C16H22N2O3/c1-5-6-9-17(3)16(20)12-7-8-14-13(10-12)18(4)15(19)11(2)21-14/h7-8,10-11H,5-6,9H2,1-4H3. The Kier molecular flexibility index (Phi) is 4.50. The number of likely N-dealkylation sites (N-methyl/N-ethyl adjacent to an activating group) is 1. The average Bonchev–Trinajstić information content (AvgIpc) is 2.49. The molecule has 0 N–H and O–H groups in total. The second-order valence-corrected chi connectivity index (χ2v) is 5.42. The molecule has 114 valence electrons. The van der Waals surface area contributed by atoms with Gasteiger partial charge in [-0.15, -0.1) is 0 Å². The molecular formula is C16H22N2O3. The molecule has 1 atom stereocenters. The first-order valence-electron chi connectivity index (χ1n) is 7.29. The lowest BCUT2D eigenvalue weighted by Crippen LogP contribution is -2.42. The monoisotopic (exact) mass is 290 g/mol. The molecule has 2 amide bonds. The van der Waals surface area contributed by atoms with Gasteiger partial charge in [0.25, 0.3) is 11.8 Å². The molecule has 1 heterocycles. The highest BCUT2D eigenvalue weighted by Gasteiger charge is 2.29. The van der Waals surface area contributed by atoms with E-state index < -0.39 is 6.10 Å². The minimum atomic E-state index is -0.490. The van der Waals surface area contributed by atoms with Crippen LogP contribution in [0.4, 0.5) is 5.69 Å². The van der Waals surface area contributed by atoms with Crippen LogP contribution in [0.15, 0.2) is 18.2 Å². The second-order valence-electron chi connectivity index (χ2n) is 5.42. The first kappa shape index (κ1) is 15.4. The Balaban J connectivity index is 2.25. The molecule has 1 aromatic rings. The number of fused-ring (bicyclic) bond motifs is 1. The molecule has 0 bridgehead atoms. The summed E-state index contributed by atoms with van der Waals surface area (Å²) in [5.41, 5.74) is 1.22. The molecule has 0 spiro atoms. The molecular weight excluding hydrogens is 268 g/mol. The molecule has 21 heavy (non-hydrogen) atoms. The highest BCUT2D eigenvalue weighted by Crippen LogP contribution is 2.34. The van der Waals surface area contributed by atoms with Crippen molar-refractivity contribution in [3.05, 3.63) is 23.8 Å². The lowest BCUT2D eigenvalue weighted by Gasteiger charge is -2.30. The van der Waals surface area contributed by atoms with E-state index in [0.29, 0.717) is 17.0 Å². The predicted molar refractivity (Wildman–Crippen MR) is 81.8 cm³/mol. The summed E-state index contributed by atoms with van der Waals surface area (Å²) in [7, 11) is 3.50. The highest BCUT2D eigenvalue weighted by molar-refractivity contribution is 6.02. The average molecular weight is 290 g/mol. The van der Waals surface area contributed by atoms with Crippen molar-refractivity contribution in [3.63, 3.8) is 0 Å². The predicted octanol–water partition coefficient (Wildman–Crippen LogP) is 2.30. The van der Waals surface area contributed by atoms with E-state index in [2.05, 4.69) is 6.92 Å². The molecule has 1 aliphatic rings. The van der Waals surface area contributed by atoms with Crippen molar-refractivity contribution in [2.24, 2.45) is 0 Å². The number of carbonyl (C=O) groups excluding carboxylic acids is 2. The summed E-state index contributed by atoms with van der Waals surface area (Å²) in [5, 5.41) is 0. The smallest absolute Gasteiger partial charge is 0.267 e. The minimum Gasteiger partial charge on any atom is -0.479 e. The third-order valence-corrected chi connectivity index (χ3v) is 3.74. The van der Waals surface area contributed by atoms with Crippen molar-refractivity contribution < 1.29 is 14.3 Å². The van der Waals surface area contributed by atoms with Crippen LogP contribution in [0.3, 0.4) is 0 Å². The first-order valence-corrected chi connectivity index (χ1v) is 7.29. The quantitative estimate of drug-likeness (QED) is 0.855. The van der Waals surface area contributed by atoms with E-state index in [4.69, 9.17) is 4.74 Å². The van der Waals surface area contributed by atoms with Gasteiger partial charge in [0.2, 0.25) is 0 Å². The molecule has 0 aromatic heterocycles.